The molecule has 1 aromatic carbocycles. The molecule has 0 aliphatic rings. The number of hydrogen-bond acceptors (Lipinski definition) is 1. The number of hydrogen-bond donors (Lipinski definition) is 0. The Morgan fingerprint density at radius 3 is 2.38 bits per heavy atom. The van der Waals surface area contributed by atoms with Crippen molar-refractivity contribution in [3.63, 3.8) is 0 Å². The fourth-order valence-electron chi connectivity index (χ4n) is 1.93. The molecule has 16 heavy (non-hydrogen) atoms. The molecule has 1 atom stereocenters. The molecule has 1 aromatic rings. The van der Waals surface area contributed by atoms with Gasteiger partial charge < -0.3 is 0 Å². The minimum atomic E-state index is -2.21. The first kappa shape index (κ1) is 14.0. The Morgan fingerprint density at radius 2 is 1.81 bits per heavy atom. The molecule has 0 aromatic heterocycles. The van der Waals surface area contributed by atoms with Gasteiger partial charge >= 0.3 is 105 Å². The second-order valence-electron chi connectivity index (χ2n) is 5.03. The van der Waals surface area contributed by atoms with Gasteiger partial charge in [0.15, 0.2) is 0 Å². The molecule has 0 saturated heterocycles. The Labute approximate surface area is 105 Å². The van der Waals surface area contributed by atoms with E-state index < -0.39 is 18.8 Å². The SMILES string of the molecule is CCC[CH2][Sn]([CH3])([CH3])[O]C(C)c1ccccc1. The van der Waals surface area contributed by atoms with Crippen molar-refractivity contribution in [1.82, 2.24) is 0 Å². The monoisotopic (exact) mass is 328 g/mol. The Balaban J connectivity index is 2.53. The van der Waals surface area contributed by atoms with E-state index >= 15 is 0 Å². The molecule has 0 saturated carbocycles. The third kappa shape index (κ3) is 4.87. The normalized spacial score (nSPS) is 13.8. The van der Waals surface area contributed by atoms with E-state index in [2.05, 4.69) is 54.1 Å². The number of unbranched alkanes of at least 4 members (excludes halogenated alkanes) is 1. The van der Waals surface area contributed by atoms with Gasteiger partial charge in [-0.15, -0.1) is 0 Å². The van der Waals surface area contributed by atoms with E-state index in [1.165, 1.54) is 22.8 Å². The van der Waals surface area contributed by atoms with Crippen molar-refractivity contribution in [2.45, 2.75) is 47.1 Å². The molecule has 1 rings (SSSR count). The fourth-order valence-corrected chi connectivity index (χ4v) is 8.83. The molecule has 1 unspecified atom stereocenters. The molecule has 2 heteroatoms. The molecule has 0 amide bonds. The van der Waals surface area contributed by atoms with Gasteiger partial charge in [-0.25, -0.2) is 0 Å². The molecule has 0 fully saturated rings. The molecular weight excluding hydrogens is 303 g/mol. The topological polar surface area (TPSA) is 9.23 Å². The van der Waals surface area contributed by atoms with Crippen LogP contribution < -0.4 is 0 Å². The summed E-state index contributed by atoms with van der Waals surface area (Å²) in [5.74, 6) is 0. The average Bonchev–Trinajstić information content (AvgIpc) is 2.27. The molecule has 90 valence electrons. The summed E-state index contributed by atoms with van der Waals surface area (Å²) in [6.07, 6.45) is 2.87. The van der Waals surface area contributed by atoms with E-state index in [1.54, 1.807) is 0 Å². The van der Waals surface area contributed by atoms with Crippen LogP contribution in [-0.2, 0) is 3.07 Å². The molecule has 0 aliphatic carbocycles. The third-order valence-electron chi connectivity index (χ3n) is 2.90. The van der Waals surface area contributed by atoms with Crippen LogP contribution in [0.1, 0.15) is 38.4 Å². The van der Waals surface area contributed by atoms with Gasteiger partial charge in [-0.05, 0) is 0 Å². The van der Waals surface area contributed by atoms with Crippen LogP contribution in [0, 0.1) is 0 Å². The van der Waals surface area contributed by atoms with Crippen LogP contribution in [0.15, 0.2) is 30.3 Å². The van der Waals surface area contributed by atoms with Crippen LogP contribution in [0.2, 0.25) is 14.3 Å². The van der Waals surface area contributed by atoms with Gasteiger partial charge in [0.25, 0.3) is 0 Å². The van der Waals surface area contributed by atoms with Crippen LogP contribution in [0.25, 0.3) is 0 Å². The van der Waals surface area contributed by atoms with Crippen molar-refractivity contribution in [1.29, 1.82) is 0 Å². The maximum atomic E-state index is 6.34. The van der Waals surface area contributed by atoms with E-state index in [4.69, 9.17) is 3.07 Å². The van der Waals surface area contributed by atoms with Gasteiger partial charge in [0.1, 0.15) is 0 Å². The maximum absolute atomic E-state index is 6.34. The van der Waals surface area contributed by atoms with Crippen molar-refractivity contribution in [2.24, 2.45) is 0 Å². The summed E-state index contributed by atoms with van der Waals surface area (Å²) in [6.45, 7) is 4.43. The standard InChI is InChI=1S/C8H9O.C4H9.2CH3.Sn/c1-7(9)8-5-3-2-4-6-8;1-3-4-2;;;/h2-7H,1H3;1,3-4H2,2H3;2*1H3;/q-1;;;;+1. The van der Waals surface area contributed by atoms with Crippen LogP contribution in [0.4, 0.5) is 0 Å². The van der Waals surface area contributed by atoms with E-state index in [1.807, 2.05) is 0 Å². The van der Waals surface area contributed by atoms with Gasteiger partial charge in [-0.3, -0.25) is 0 Å². The van der Waals surface area contributed by atoms with E-state index in [9.17, 15) is 0 Å². The fraction of sp³-hybridized carbons (Fsp3) is 0.571. The van der Waals surface area contributed by atoms with Gasteiger partial charge in [-0.2, -0.15) is 0 Å². The van der Waals surface area contributed by atoms with Crippen molar-refractivity contribution in [3.05, 3.63) is 35.9 Å². The van der Waals surface area contributed by atoms with E-state index in [0.717, 1.165) is 0 Å². The molecule has 0 heterocycles. The molecule has 1 nitrogen and oxygen atoms in total. The summed E-state index contributed by atoms with van der Waals surface area (Å²) in [7, 11) is 0. The van der Waals surface area contributed by atoms with Gasteiger partial charge in [0.2, 0.25) is 0 Å². The number of rotatable bonds is 6. The van der Waals surface area contributed by atoms with Crippen LogP contribution in [0.3, 0.4) is 0 Å². The minimum absolute atomic E-state index is 0.267. The van der Waals surface area contributed by atoms with E-state index in [-0.39, 0.29) is 6.10 Å². The Bertz CT molecular complexity index is 295. The first-order chi connectivity index (χ1) is 7.55. The zero-order valence-corrected chi connectivity index (χ0v) is 13.8. The van der Waals surface area contributed by atoms with Crippen molar-refractivity contribution >= 4 is 18.8 Å². The van der Waals surface area contributed by atoms with Crippen molar-refractivity contribution in [3.8, 4) is 0 Å². The van der Waals surface area contributed by atoms with Gasteiger partial charge in [-0.1, -0.05) is 0 Å². The van der Waals surface area contributed by atoms with Crippen LogP contribution >= 0.6 is 0 Å². The second kappa shape index (κ2) is 6.65. The zero-order valence-electron chi connectivity index (χ0n) is 11.0. The predicted molar refractivity (Wildman–Crippen MR) is 73.1 cm³/mol. The van der Waals surface area contributed by atoms with Crippen LogP contribution in [-0.4, -0.2) is 18.8 Å². The van der Waals surface area contributed by atoms with Crippen molar-refractivity contribution < 1.29 is 3.07 Å². The van der Waals surface area contributed by atoms with Crippen molar-refractivity contribution in [2.75, 3.05) is 0 Å². The first-order valence-corrected chi connectivity index (χ1v) is 15.2. The summed E-state index contributed by atoms with van der Waals surface area (Å²) in [4.78, 5) is 4.79. The van der Waals surface area contributed by atoms with Gasteiger partial charge in [0, 0.05) is 0 Å². The second-order valence-corrected chi connectivity index (χ2v) is 17.2. The Kier molecular flexibility index (Phi) is 5.84. The van der Waals surface area contributed by atoms with Crippen LogP contribution in [0.5, 0.6) is 0 Å². The summed E-state index contributed by atoms with van der Waals surface area (Å²) in [6, 6.07) is 10.5. The molecular formula is C14H24OSn. The van der Waals surface area contributed by atoms with E-state index in [0.29, 0.717) is 0 Å². The third-order valence-corrected chi connectivity index (χ3v) is 10.2. The molecule has 0 bridgehead atoms. The van der Waals surface area contributed by atoms with Gasteiger partial charge in [0.05, 0.1) is 0 Å². The average molecular weight is 327 g/mol. The summed E-state index contributed by atoms with van der Waals surface area (Å²) < 4.78 is 7.67. The Hall–Kier alpha value is -0.0213. The predicted octanol–water partition coefficient (Wildman–Crippen LogP) is 4.77. The molecule has 0 spiro atoms. The zero-order chi connectivity index (χ0) is 12.0. The molecule has 0 N–H and O–H groups in total. The summed E-state index contributed by atoms with van der Waals surface area (Å²) in [5.41, 5.74) is 1.31. The quantitative estimate of drug-likeness (QED) is 0.684. The first-order valence-electron chi connectivity index (χ1n) is 6.28. The molecule has 0 radical (unpaired) electrons. The number of benzene rings is 1. The summed E-state index contributed by atoms with van der Waals surface area (Å²) >= 11 is -2.21. The summed E-state index contributed by atoms with van der Waals surface area (Å²) in [5, 5.41) is 0. The Morgan fingerprint density at radius 1 is 1.19 bits per heavy atom. The molecule has 0 aliphatic heterocycles.